The third kappa shape index (κ3) is 3.05. The Morgan fingerprint density at radius 1 is 0.962 bits per heavy atom. The van der Waals surface area contributed by atoms with Crippen LogP contribution in [0.15, 0.2) is 39.9 Å². The summed E-state index contributed by atoms with van der Waals surface area (Å²) in [5, 5.41) is 0. The Hall–Kier alpha value is -3.16. The van der Waals surface area contributed by atoms with Crippen molar-refractivity contribution in [2.24, 2.45) is 14.1 Å². The zero-order valence-electron chi connectivity index (χ0n) is 14.9. The third-order valence-corrected chi connectivity index (χ3v) is 4.60. The maximum atomic E-state index is 12.7. The number of anilines is 1. The van der Waals surface area contributed by atoms with Gasteiger partial charge in [-0.2, -0.15) is 0 Å². The minimum atomic E-state index is -0.578. The van der Waals surface area contributed by atoms with Crippen molar-refractivity contribution in [2.45, 2.75) is 6.92 Å². The number of aromatic nitrogens is 2. The molecule has 1 saturated heterocycles. The van der Waals surface area contributed by atoms with E-state index in [0.29, 0.717) is 13.1 Å². The van der Waals surface area contributed by atoms with E-state index < -0.39 is 17.2 Å². The summed E-state index contributed by atoms with van der Waals surface area (Å²) >= 11 is 0. The molecule has 2 aromatic rings. The van der Waals surface area contributed by atoms with Crippen LogP contribution in [-0.4, -0.2) is 45.5 Å². The summed E-state index contributed by atoms with van der Waals surface area (Å²) in [7, 11) is 2.78. The summed E-state index contributed by atoms with van der Waals surface area (Å²) in [4.78, 5) is 52.0. The average Bonchev–Trinajstić information content (AvgIpc) is 2.63. The molecule has 1 aromatic heterocycles. The first-order valence-electron chi connectivity index (χ1n) is 8.23. The highest BCUT2D eigenvalue weighted by molar-refractivity contribution is 6.01. The van der Waals surface area contributed by atoms with E-state index in [4.69, 9.17) is 0 Å². The van der Waals surface area contributed by atoms with E-state index in [1.54, 1.807) is 4.90 Å². The molecule has 3 rings (SSSR count). The second-order valence-corrected chi connectivity index (χ2v) is 6.38. The molecule has 8 nitrogen and oxygen atoms in total. The molecule has 0 unspecified atom stereocenters. The Labute approximate surface area is 149 Å². The van der Waals surface area contributed by atoms with E-state index in [0.717, 1.165) is 26.5 Å². The number of carbonyl (C=O) groups is 2. The van der Waals surface area contributed by atoms with Crippen molar-refractivity contribution in [3.8, 4) is 0 Å². The average molecular weight is 356 g/mol. The molecule has 0 radical (unpaired) electrons. The largest absolute Gasteiger partial charge is 0.331 e. The van der Waals surface area contributed by atoms with Crippen LogP contribution in [0.2, 0.25) is 0 Å². The molecule has 1 aliphatic heterocycles. The van der Waals surface area contributed by atoms with Crippen molar-refractivity contribution < 1.29 is 9.59 Å². The molecule has 0 saturated carbocycles. The monoisotopic (exact) mass is 356 g/mol. The van der Waals surface area contributed by atoms with E-state index >= 15 is 0 Å². The van der Waals surface area contributed by atoms with Gasteiger partial charge in [0.05, 0.1) is 0 Å². The molecular weight excluding hydrogens is 336 g/mol. The molecule has 2 amide bonds. The van der Waals surface area contributed by atoms with Crippen molar-refractivity contribution in [3.05, 3.63) is 62.4 Å². The number of rotatable bonds is 2. The second kappa shape index (κ2) is 6.62. The summed E-state index contributed by atoms with van der Waals surface area (Å²) in [6, 6.07) is 8.72. The predicted molar refractivity (Wildman–Crippen MR) is 96.4 cm³/mol. The Morgan fingerprint density at radius 3 is 2.23 bits per heavy atom. The van der Waals surface area contributed by atoms with Crippen LogP contribution in [0.4, 0.5) is 5.69 Å². The number of hydrogen-bond acceptors (Lipinski definition) is 4. The molecule has 1 aromatic carbocycles. The SMILES string of the molecule is Cc1ccc(N2CCN(C(=O)c3cc(=O)n(C)c(=O)n3C)CC2=O)cc1. The van der Waals surface area contributed by atoms with Gasteiger partial charge in [-0.15, -0.1) is 0 Å². The third-order valence-electron chi connectivity index (χ3n) is 4.60. The molecule has 0 aliphatic carbocycles. The number of amides is 2. The minimum absolute atomic E-state index is 0.0188. The Balaban J connectivity index is 1.82. The molecule has 1 aliphatic rings. The molecular formula is C18H20N4O4. The number of benzene rings is 1. The quantitative estimate of drug-likeness (QED) is 0.751. The summed E-state index contributed by atoms with van der Waals surface area (Å²) in [5.41, 5.74) is 0.733. The van der Waals surface area contributed by atoms with Crippen molar-refractivity contribution in [3.63, 3.8) is 0 Å². The van der Waals surface area contributed by atoms with Crippen molar-refractivity contribution in [1.29, 1.82) is 0 Å². The predicted octanol–water partition coefficient (Wildman–Crippen LogP) is -0.119. The Bertz CT molecular complexity index is 988. The van der Waals surface area contributed by atoms with E-state index in [1.807, 2.05) is 31.2 Å². The molecule has 8 heteroatoms. The maximum absolute atomic E-state index is 12.7. The number of hydrogen-bond donors (Lipinski definition) is 0. The highest BCUT2D eigenvalue weighted by Gasteiger charge is 2.30. The van der Waals surface area contributed by atoms with E-state index in [2.05, 4.69) is 0 Å². The van der Waals surface area contributed by atoms with Gasteiger partial charge in [-0.1, -0.05) is 17.7 Å². The van der Waals surface area contributed by atoms with Crippen LogP contribution in [0.1, 0.15) is 16.1 Å². The van der Waals surface area contributed by atoms with Gasteiger partial charge in [0.1, 0.15) is 12.2 Å². The lowest BCUT2D eigenvalue weighted by Gasteiger charge is -2.34. The van der Waals surface area contributed by atoms with Gasteiger partial charge in [-0.25, -0.2) is 4.79 Å². The van der Waals surface area contributed by atoms with Crippen LogP contribution in [0, 0.1) is 6.92 Å². The fourth-order valence-corrected chi connectivity index (χ4v) is 2.94. The number of aryl methyl sites for hydroxylation is 1. The molecule has 0 bridgehead atoms. The van der Waals surface area contributed by atoms with Gasteiger partial charge in [-0.05, 0) is 19.1 Å². The van der Waals surface area contributed by atoms with Crippen LogP contribution < -0.4 is 16.1 Å². The van der Waals surface area contributed by atoms with E-state index in [1.165, 1.54) is 19.0 Å². The van der Waals surface area contributed by atoms with Crippen LogP contribution in [-0.2, 0) is 18.9 Å². The summed E-state index contributed by atoms with van der Waals surface area (Å²) in [5.74, 6) is -0.707. The Morgan fingerprint density at radius 2 is 1.62 bits per heavy atom. The fourth-order valence-electron chi connectivity index (χ4n) is 2.94. The van der Waals surface area contributed by atoms with Gasteiger partial charge >= 0.3 is 5.69 Å². The molecule has 1 fully saturated rings. The zero-order valence-corrected chi connectivity index (χ0v) is 14.9. The van der Waals surface area contributed by atoms with Crippen LogP contribution in [0.3, 0.4) is 0 Å². The fraction of sp³-hybridized carbons (Fsp3) is 0.333. The first-order chi connectivity index (χ1) is 12.3. The van der Waals surface area contributed by atoms with Gasteiger partial charge in [-0.3, -0.25) is 23.5 Å². The van der Waals surface area contributed by atoms with Crippen molar-refractivity contribution in [2.75, 3.05) is 24.5 Å². The highest BCUT2D eigenvalue weighted by atomic mass is 16.2. The van der Waals surface area contributed by atoms with E-state index in [-0.39, 0.29) is 18.1 Å². The van der Waals surface area contributed by atoms with Gasteiger partial charge < -0.3 is 9.80 Å². The topological polar surface area (TPSA) is 84.6 Å². The summed E-state index contributed by atoms with van der Waals surface area (Å²) < 4.78 is 2.05. The van der Waals surface area contributed by atoms with E-state index in [9.17, 15) is 19.2 Å². The molecule has 26 heavy (non-hydrogen) atoms. The van der Waals surface area contributed by atoms with Gasteiger partial charge in [0.2, 0.25) is 5.91 Å². The molecule has 136 valence electrons. The first-order valence-corrected chi connectivity index (χ1v) is 8.23. The smallest absolute Gasteiger partial charge is 0.326 e. The lowest BCUT2D eigenvalue weighted by molar-refractivity contribution is -0.120. The van der Waals surface area contributed by atoms with Crippen LogP contribution in [0.5, 0.6) is 0 Å². The lowest BCUT2D eigenvalue weighted by atomic mass is 10.2. The molecule has 0 spiro atoms. The van der Waals surface area contributed by atoms with Crippen LogP contribution in [0.25, 0.3) is 0 Å². The standard InChI is InChI=1S/C18H20N4O4/c1-12-4-6-13(7-5-12)22-9-8-21(11-16(22)24)17(25)14-10-15(23)20(3)18(26)19(14)2/h4-7,10H,8-9,11H2,1-3H3. The maximum Gasteiger partial charge on any atom is 0.331 e. The second-order valence-electron chi connectivity index (χ2n) is 6.38. The highest BCUT2D eigenvalue weighted by Crippen LogP contribution is 2.18. The van der Waals surface area contributed by atoms with Crippen molar-refractivity contribution >= 4 is 17.5 Å². The zero-order chi connectivity index (χ0) is 19.0. The Kier molecular flexibility index (Phi) is 4.50. The van der Waals surface area contributed by atoms with Crippen LogP contribution >= 0.6 is 0 Å². The van der Waals surface area contributed by atoms with Gasteiger partial charge in [0.25, 0.3) is 11.5 Å². The minimum Gasteiger partial charge on any atom is -0.326 e. The number of piperazine rings is 1. The normalized spacial score (nSPS) is 14.7. The number of carbonyl (C=O) groups excluding carboxylic acids is 2. The van der Waals surface area contributed by atoms with Crippen molar-refractivity contribution in [1.82, 2.24) is 14.0 Å². The molecule has 0 N–H and O–H groups in total. The number of nitrogens with zero attached hydrogens (tertiary/aromatic N) is 4. The summed E-state index contributed by atoms with van der Waals surface area (Å²) in [6.45, 7) is 2.54. The van der Waals surface area contributed by atoms with Gasteiger partial charge in [0.15, 0.2) is 0 Å². The van der Waals surface area contributed by atoms with Gasteiger partial charge in [0, 0.05) is 38.9 Å². The first kappa shape index (κ1) is 17.7. The summed E-state index contributed by atoms with van der Waals surface area (Å²) in [6.07, 6.45) is 0. The molecule has 0 atom stereocenters. The molecule has 2 heterocycles. The lowest BCUT2D eigenvalue weighted by Crippen LogP contribution is -2.53.